The first-order valence-electron chi connectivity index (χ1n) is 8.22. The van der Waals surface area contributed by atoms with Gasteiger partial charge in [-0.15, -0.1) is 10.2 Å². The molecular weight excluding hydrogens is 304 g/mol. The third-order valence-corrected chi connectivity index (χ3v) is 4.31. The summed E-state index contributed by atoms with van der Waals surface area (Å²) in [6.45, 7) is 7.62. The first-order valence-corrected chi connectivity index (χ1v) is 8.22. The monoisotopic (exact) mass is 328 g/mol. The van der Waals surface area contributed by atoms with E-state index in [9.17, 15) is 9.59 Å². The van der Waals surface area contributed by atoms with Gasteiger partial charge in [0.2, 0.25) is 5.91 Å². The maximum absolute atomic E-state index is 12.4. The fourth-order valence-corrected chi connectivity index (χ4v) is 2.18. The highest BCUT2D eigenvalue weighted by molar-refractivity contribution is 5.82. The van der Waals surface area contributed by atoms with Gasteiger partial charge in [0, 0.05) is 11.0 Å². The summed E-state index contributed by atoms with van der Waals surface area (Å²) in [6.07, 6.45) is 1.28. The highest BCUT2D eigenvalue weighted by Crippen LogP contribution is 2.22. The van der Waals surface area contributed by atoms with E-state index in [1.54, 1.807) is 0 Å². The van der Waals surface area contributed by atoms with Crippen LogP contribution in [0.5, 0.6) is 0 Å². The lowest BCUT2D eigenvalue weighted by molar-refractivity contribution is -0.130. The van der Waals surface area contributed by atoms with Crippen LogP contribution in [-0.2, 0) is 4.79 Å². The van der Waals surface area contributed by atoms with Crippen molar-refractivity contribution in [2.45, 2.75) is 46.6 Å². The van der Waals surface area contributed by atoms with Crippen LogP contribution in [0.3, 0.4) is 0 Å². The Hall–Kier alpha value is -2.50. The van der Waals surface area contributed by atoms with Crippen LogP contribution in [0.4, 0.5) is 0 Å². The molecule has 0 aliphatic heterocycles. The molecule has 1 unspecified atom stereocenters. The van der Waals surface area contributed by atoms with Crippen molar-refractivity contribution in [3.8, 4) is 11.4 Å². The van der Waals surface area contributed by atoms with Crippen LogP contribution in [0.15, 0.2) is 35.1 Å². The van der Waals surface area contributed by atoms with E-state index in [2.05, 4.69) is 20.5 Å². The topological polar surface area (TPSA) is 87.7 Å². The number of carbonyl (C=O) groups is 1. The third kappa shape index (κ3) is 3.88. The maximum atomic E-state index is 12.4. The fourth-order valence-electron chi connectivity index (χ4n) is 2.18. The minimum atomic E-state index is -0.489. The molecule has 0 bridgehead atoms. The van der Waals surface area contributed by atoms with E-state index in [0.717, 1.165) is 5.56 Å². The van der Waals surface area contributed by atoms with Gasteiger partial charge < -0.3 is 10.3 Å². The number of aromatic nitrogens is 3. The highest BCUT2D eigenvalue weighted by atomic mass is 16.2. The molecule has 128 valence electrons. The Kier molecular flexibility index (Phi) is 5.49. The number of hydrogen-bond donors (Lipinski definition) is 2. The van der Waals surface area contributed by atoms with Crippen molar-refractivity contribution < 1.29 is 4.79 Å². The van der Waals surface area contributed by atoms with Crippen LogP contribution in [0.1, 0.15) is 52.3 Å². The first-order chi connectivity index (χ1) is 11.4. The van der Waals surface area contributed by atoms with Gasteiger partial charge in [-0.25, -0.2) is 0 Å². The second-order valence-electron chi connectivity index (χ2n) is 6.43. The van der Waals surface area contributed by atoms with Gasteiger partial charge in [0.1, 0.15) is 0 Å². The van der Waals surface area contributed by atoms with Crippen molar-refractivity contribution in [2.75, 3.05) is 0 Å². The molecule has 6 nitrogen and oxygen atoms in total. The molecule has 0 aliphatic carbocycles. The number of rotatable bonds is 6. The van der Waals surface area contributed by atoms with Crippen molar-refractivity contribution in [3.05, 3.63) is 46.4 Å². The molecule has 1 aromatic carbocycles. The molecule has 1 heterocycles. The molecule has 0 saturated heterocycles. The normalized spacial score (nSPS) is 12.7. The largest absolute Gasteiger partial charge is 0.347 e. The van der Waals surface area contributed by atoms with Crippen molar-refractivity contribution in [2.24, 2.45) is 5.41 Å². The number of benzene rings is 1. The second-order valence-corrected chi connectivity index (χ2v) is 6.43. The van der Waals surface area contributed by atoms with Gasteiger partial charge in [-0.1, -0.05) is 58.0 Å². The van der Waals surface area contributed by atoms with Crippen LogP contribution < -0.4 is 10.9 Å². The van der Waals surface area contributed by atoms with E-state index in [1.807, 2.05) is 58.0 Å². The Morgan fingerprint density at radius 1 is 1.21 bits per heavy atom. The lowest BCUT2D eigenvalue weighted by Crippen LogP contribution is -2.40. The third-order valence-electron chi connectivity index (χ3n) is 4.31. The predicted molar refractivity (Wildman–Crippen MR) is 93.3 cm³/mol. The lowest BCUT2D eigenvalue weighted by Gasteiger charge is -2.25. The molecule has 0 radical (unpaired) electrons. The van der Waals surface area contributed by atoms with Crippen LogP contribution in [0.2, 0.25) is 0 Å². The molecule has 0 spiro atoms. The molecule has 0 fully saturated rings. The number of nitrogens with one attached hydrogen (secondary N) is 2. The van der Waals surface area contributed by atoms with E-state index < -0.39 is 11.5 Å². The van der Waals surface area contributed by atoms with Gasteiger partial charge >= 0.3 is 0 Å². The summed E-state index contributed by atoms with van der Waals surface area (Å²) in [5, 5.41) is 11.1. The number of nitrogens with zero attached hydrogens (tertiary/aromatic N) is 2. The highest BCUT2D eigenvalue weighted by Gasteiger charge is 2.28. The summed E-state index contributed by atoms with van der Waals surface area (Å²) in [7, 11) is 0. The number of aromatic amines is 1. The summed E-state index contributed by atoms with van der Waals surface area (Å²) in [4.78, 5) is 27.5. The Morgan fingerprint density at radius 2 is 1.88 bits per heavy atom. The zero-order valence-corrected chi connectivity index (χ0v) is 14.6. The van der Waals surface area contributed by atoms with Crippen LogP contribution in [-0.4, -0.2) is 21.1 Å². The van der Waals surface area contributed by atoms with Gasteiger partial charge in [-0.05, 0) is 12.8 Å². The quantitative estimate of drug-likeness (QED) is 0.853. The molecule has 2 N–H and O–H groups in total. The van der Waals surface area contributed by atoms with Crippen molar-refractivity contribution in [1.82, 2.24) is 20.5 Å². The van der Waals surface area contributed by atoms with Gasteiger partial charge in [-0.2, -0.15) is 0 Å². The summed E-state index contributed by atoms with van der Waals surface area (Å²) in [5.41, 5.74) is 0.206. The lowest BCUT2D eigenvalue weighted by atomic mass is 9.89. The zero-order valence-electron chi connectivity index (χ0n) is 14.6. The number of hydrogen-bond acceptors (Lipinski definition) is 4. The van der Waals surface area contributed by atoms with Crippen molar-refractivity contribution in [1.29, 1.82) is 0 Å². The van der Waals surface area contributed by atoms with Gasteiger partial charge in [0.15, 0.2) is 11.5 Å². The van der Waals surface area contributed by atoms with Gasteiger partial charge in [0.05, 0.1) is 6.04 Å². The molecule has 6 heteroatoms. The van der Waals surface area contributed by atoms with E-state index in [1.165, 1.54) is 0 Å². The molecule has 0 aliphatic rings. The van der Waals surface area contributed by atoms with Crippen LogP contribution in [0, 0.1) is 5.41 Å². The van der Waals surface area contributed by atoms with E-state index in [0.29, 0.717) is 18.7 Å². The first kappa shape index (κ1) is 17.8. The van der Waals surface area contributed by atoms with Crippen molar-refractivity contribution >= 4 is 5.91 Å². The molecule has 1 aromatic heterocycles. The Labute approximate surface area is 141 Å². The summed E-state index contributed by atoms with van der Waals surface area (Å²) in [5.74, 6) is 0.324. The summed E-state index contributed by atoms with van der Waals surface area (Å²) < 4.78 is 0. The molecule has 0 saturated carbocycles. The fraction of sp³-hybridized carbons (Fsp3) is 0.444. The Morgan fingerprint density at radius 3 is 2.42 bits per heavy atom. The average Bonchev–Trinajstić information content (AvgIpc) is 2.60. The molecule has 1 atom stereocenters. The average molecular weight is 328 g/mol. The van der Waals surface area contributed by atoms with E-state index in [4.69, 9.17) is 0 Å². The number of amides is 1. The minimum Gasteiger partial charge on any atom is -0.347 e. The zero-order chi connectivity index (χ0) is 17.7. The number of H-pyrrole nitrogens is 1. The van der Waals surface area contributed by atoms with Crippen LogP contribution in [0.25, 0.3) is 11.4 Å². The van der Waals surface area contributed by atoms with Crippen molar-refractivity contribution in [3.63, 3.8) is 0 Å². The smallest absolute Gasteiger partial charge is 0.275 e. The number of carbonyl (C=O) groups excluding carboxylic acids is 1. The van der Waals surface area contributed by atoms with Crippen LogP contribution >= 0.6 is 0 Å². The second kappa shape index (κ2) is 7.38. The standard InChI is InChI=1S/C18H24N4O2/c1-5-13(19-17(24)18(3,4)6-2)14-16(23)20-15(22-21-14)12-10-8-7-9-11-12/h7-11,13H,5-6H2,1-4H3,(H,19,24)(H,20,22,23). The van der Waals surface area contributed by atoms with E-state index in [-0.39, 0.29) is 17.2 Å². The Bertz CT molecular complexity index is 753. The summed E-state index contributed by atoms with van der Waals surface area (Å²) in [6, 6.07) is 8.87. The van der Waals surface area contributed by atoms with Gasteiger partial charge in [0.25, 0.3) is 5.56 Å². The molecular formula is C18H24N4O2. The van der Waals surface area contributed by atoms with Gasteiger partial charge in [-0.3, -0.25) is 9.59 Å². The maximum Gasteiger partial charge on any atom is 0.275 e. The minimum absolute atomic E-state index is 0.0924. The molecule has 2 aromatic rings. The molecule has 2 rings (SSSR count). The molecule has 1 amide bonds. The SMILES string of the molecule is CCC(NC(=O)C(C)(C)CC)c1nnc(-c2ccccc2)[nH]c1=O. The van der Waals surface area contributed by atoms with E-state index >= 15 is 0 Å². The molecule has 24 heavy (non-hydrogen) atoms. The summed E-state index contributed by atoms with van der Waals surface area (Å²) >= 11 is 0. The Balaban J connectivity index is 2.27. The predicted octanol–water partition coefficient (Wildman–Crippen LogP) is 2.84.